The van der Waals surface area contributed by atoms with Gasteiger partial charge in [-0.15, -0.1) is 11.3 Å². The number of rotatable bonds is 4. The Morgan fingerprint density at radius 1 is 1.33 bits per heavy atom. The molecule has 1 unspecified atom stereocenters. The summed E-state index contributed by atoms with van der Waals surface area (Å²) in [6.45, 7) is 2.03. The van der Waals surface area contributed by atoms with Gasteiger partial charge in [0, 0.05) is 10.9 Å². The van der Waals surface area contributed by atoms with Crippen LogP contribution >= 0.6 is 34.5 Å². The van der Waals surface area contributed by atoms with E-state index in [4.69, 9.17) is 23.2 Å². The Hall–Kier alpha value is -0.610. The highest BCUT2D eigenvalue weighted by atomic mass is 35.5. The van der Waals surface area contributed by atoms with E-state index in [9.17, 15) is 0 Å². The molecule has 5 heteroatoms. The molecule has 0 radical (unpaired) electrons. The Bertz CT molecular complexity index is 540. The van der Waals surface area contributed by atoms with Crippen molar-refractivity contribution in [1.29, 1.82) is 0 Å². The zero-order chi connectivity index (χ0) is 13.1. The molecule has 2 aromatic rings. The summed E-state index contributed by atoms with van der Waals surface area (Å²) in [6.07, 6.45) is 0.871. The number of thiazole rings is 1. The lowest BCUT2D eigenvalue weighted by atomic mass is 10.0. The lowest BCUT2D eigenvalue weighted by Crippen LogP contribution is -2.18. The zero-order valence-corrected chi connectivity index (χ0v) is 12.5. The van der Waals surface area contributed by atoms with Crippen molar-refractivity contribution >= 4 is 34.5 Å². The molecule has 18 heavy (non-hydrogen) atoms. The second-order valence-electron chi connectivity index (χ2n) is 4.10. The summed E-state index contributed by atoms with van der Waals surface area (Å²) in [5.74, 6) is 0. The molecule has 0 bridgehead atoms. The third kappa shape index (κ3) is 3.04. The van der Waals surface area contributed by atoms with Gasteiger partial charge in [0.1, 0.15) is 0 Å². The van der Waals surface area contributed by atoms with Crippen molar-refractivity contribution < 1.29 is 0 Å². The topological polar surface area (TPSA) is 24.9 Å². The highest BCUT2D eigenvalue weighted by Crippen LogP contribution is 2.28. The molecule has 1 N–H and O–H groups in total. The van der Waals surface area contributed by atoms with Crippen LogP contribution in [0.1, 0.15) is 22.2 Å². The van der Waals surface area contributed by atoms with Crippen LogP contribution in [0, 0.1) is 6.92 Å². The third-order valence-electron chi connectivity index (χ3n) is 2.87. The van der Waals surface area contributed by atoms with Crippen molar-refractivity contribution in [2.24, 2.45) is 0 Å². The lowest BCUT2D eigenvalue weighted by molar-refractivity contribution is 0.598. The third-order valence-corrected chi connectivity index (χ3v) is 4.66. The van der Waals surface area contributed by atoms with E-state index >= 15 is 0 Å². The summed E-state index contributed by atoms with van der Waals surface area (Å²) in [5, 5.41) is 4.52. The van der Waals surface area contributed by atoms with Gasteiger partial charge in [0.25, 0.3) is 0 Å². The first kappa shape index (κ1) is 13.8. The number of aryl methyl sites for hydroxylation is 1. The minimum absolute atomic E-state index is 0.259. The van der Waals surface area contributed by atoms with Crippen LogP contribution in [-0.2, 0) is 6.42 Å². The first-order chi connectivity index (χ1) is 8.61. The van der Waals surface area contributed by atoms with Crippen molar-refractivity contribution in [3.8, 4) is 0 Å². The average Bonchev–Trinajstić information content (AvgIpc) is 2.77. The fourth-order valence-electron chi connectivity index (χ4n) is 1.87. The average molecular weight is 301 g/mol. The predicted molar refractivity (Wildman–Crippen MR) is 78.8 cm³/mol. The predicted octanol–water partition coefficient (Wildman–Crippen LogP) is 4.26. The van der Waals surface area contributed by atoms with E-state index in [0.717, 1.165) is 17.7 Å². The zero-order valence-electron chi connectivity index (χ0n) is 10.2. The molecule has 0 aliphatic heterocycles. The van der Waals surface area contributed by atoms with E-state index in [-0.39, 0.29) is 6.04 Å². The summed E-state index contributed by atoms with van der Waals surface area (Å²) in [4.78, 5) is 5.56. The molecule has 0 spiro atoms. The van der Waals surface area contributed by atoms with E-state index in [2.05, 4.69) is 10.3 Å². The highest BCUT2D eigenvalue weighted by Gasteiger charge is 2.15. The van der Waals surface area contributed by atoms with Gasteiger partial charge in [-0.1, -0.05) is 29.3 Å². The van der Waals surface area contributed by atoms with E-state index in [0.29, 0.717) is 10.0 Å². The number of likely N-dealkylation sites (N-methyl/N-ethyl adjacent to an activating group) is 1. The van der Waals surface area contributed by atoms with Gasteiger partial charge in [-0.2, -0.15) is 0 Å². The van der Waals surface area contributed by atoms with Crippen molar-refractivity contribution in [2.45, 2.75) is 19.4 Å². The van der Waals surface area contributed by atoms with Crippen molar-refractivity contribution in [3.05, 3.63) is 49.9 Å². The molecule has 0 aliphatic rings. The molecule has 1 heterocycles. The number of hydrogen-bond donors (Lipinski definition) is 1. The smallest absolute Gasteiger partial charge is 0.0798 e. The van der Waals surface area contributed by atoms with Crippen LogP contribution in [0.2, 0.25) is 10.0 Å². The summed E-state index contributed by atoms with van der Waals surface area (Å²) in [7, 11) is 1.96. The van der Waals surface area contributed by atoms with Gasteiger partial charge >= 0.3 is 0 Å². The first-order valence-electron chi connectivity index (χ1n) is 5.63. The van der Waals surface area contributed by atoms with Crippen molar-refractivity contribution in [3.63, 3.8) is 0 Å². The maximum atomic E-state index is 6.03. The largest absolute Gasteiger partial charge is 0.312 e. The molecule has 1 aromatic carbocycles. The Kier molecular flexibility index (Phi) is 4.62. The van der Waals surface area contributed by atoms with Crippen molar-refractivity contribution in [2.75, 3.05) is 7.05 Å². The number of nitrogens with one attached hydrogen (secondary N) is 1. The van der Waals surface area contributed by atoms with Gasteiger partial charge in [-0.3, -0.25) is 0 Å². The Balaban J connectivity index is 2.20. The molecule has 1 atom stereocenters. The fraction of sp³-hybridized carbons (Fsp3) is 0.308. The summed E-state index contributed by atoms with van der Waals surface area (Å²) in [6, 6.07) is 6.03. The molecule has 96 valence electrons. The molecular weight excluding hydrogens is 287 g/mol. The van der Waals surface area contributed by atoms with Crippen LogP contribution in [0.15, 0.2) is 23.7 Å². The Morgan fingerprint density at radius 2 is 2.11 bits per heavy atom. The van der Waals surface area contributed by atoms with Gasteiger partial charge in [0.05, 0.1) is 21.2 Å². The van der Waals surface area contributed by atoms with Crippen LogP contribution in [0.25, 0.3) is 0 Å². The van der Waals surface area contributed by atoms with E-state index < -0.39 is 0 Å². The molecule has 1 aromatic heterocycles. The van der Waals surface area contributed by atoms with E-state index in [1.54, 1.807) is 11.3 Å². The maximum absolute atomic E-state index is 6.03. The van der Waals surface area contributed by atoms with Crippen LogP contribution in [0.3, 0.4) is 0 Å². The van der Waals surface area contributed by atoms with Gasteiger partial charge in [0.15, 0.2) is 0 Å². The molecule has 2 rings (SSSR count). The number of benzene rings is 1. The SMILES string of the molecule is CNC(Cc1ccc(Cl)c(Cl)c1)c1scnc1C. The van der Waals surface area contributed by atoms with Crippen LogP contribution in [-0.4, -0.2) is 12.0 Å². The monoisotopic (exact) mass is 300 g/mol. The molecule has 0 aliphatic carbocycles. The van der Waals surface area contributed by atoms with Crippen LogP contribution in [0.4, 0.5) is 0 Å². The highest BCUT2D eigenvalue weighted by molar-refractivity contribution is 7.09. The van der Waals surface area contributed by atoms with E-state index in [1.807, 2.05) is 37.7 Å². The molecule has 0 fully saturated rings. The normalized spacial score (nSPS) is 12.7. The van der Waals surface area contributed by atoms with E-state index in [1.165, 1.54) is 4.88 Å². The summed E-state index contributed by atoms with van der Waals surface area (Å²) < 4.78 is 0. The number of halogens is 2. The fourth-order valence-corrected chi connectivity index (χ4v) is 3.11. The van der Waals surface area contributed by atoms with Crippen LogP contribution < -0.4 is 5.32 Å². The number of hydrogen-bond acceptors (Lipinski definition) is 3. The Labute approximate surface area is 121 Å². The van der Waals surface area contributed by atoms with Gasteiger partial charge in [-0.05, 0) is 38.1 Å². The van der Waals surface area contributed by atoms with Gasteiger partial charge < -0.3 is 5.32 Å². The quantitative estimate of drug-likeness (QED) is 0.912. The molecule has 0 amide bonds. The Morgan fingerprint density at radius 3 is 2.67 bits per heavy atom. The second-order valence-corrected chi connectivity index (χ2v) is 5.80. The van der Waals surface area contributed by atoms with Crippen molar-refractivity contribution in [1.82, 2.24) is 10.3 Å². The summed E-state index contributed by atoms with van der Waals surface area (Å²) in [5.41, 5.74) is 4.13. The first-order valence-corrected chi connectivity index (χ1v) is 7.26. The molecule has 0 saturated carbocycles. The molecule has 0 saturated heterocycles. The second kappa shape index (κ2) is 6.02. The minimum Gasteiger partial charge on any atom is -0.312 e. The van der Waals surface area contributed by atoms with Crippen LogP contribution in [0.5, 0.6) is 0 Å². The molecule has 2 nitrogen and oxygen atoms in total. The number of aromatic nitrogens is 1. The summed E-state index contributed by atoms with van der Waals surface area (Å²) >= 11 is 13.6. The van der Waals surface area contributed by atoms with Gasteiger partial charge in [-0.25, -0.2) is 4.98 Å². The van der Waals surface area contributed by atoms with Gasteiger partial charge in [0.2, 0.25) is 0 Å². The number of nitrogens with zero attached hydrogens (tertiary/aromatic N) is 1. The lowest BCUT2D eigenvalue weighted by Gasteiger charge is -2.15. The molecular formula is C13H14Cl2N2S. The maximum Gasteiger partial charge on any atom is 0.0798 e. The minimum atomic E-state index is 0.259. The standard InChI is InChI=1S/C13H14Cl2N2S/c1-8-13(18-7-17-8)12(16-2)6-9-3-4-10(14)11(15)5-9/h3-5,7,12,16H,6H2,1-2H3.